The third-order valence-electron chi connectivity index (χ3n) is 6.12. The second-order valence-corrected chi connectivity index (χ2v) is 8.39. The lowest BCUT2D eigenvalue weighted by atomic mass is 9.74. The summed E-state index contributed by atoms with van der Waals surface area (Å²) in [5, 5.41) is 9.40. The van der Waals surface area contributed by atoms with Crippen molar-refractivity contribution in [3.63, 3.8) is 0 Å². The second-order valence-electron chi connectivity index (χ2n) is 8.39. The fraction of sp³-hybridized carbons (Fsp3) is 0.391. The smallest absolute Gasteiger partial charge is 0.409 e. The molecule has 1 N–H and O–H groups in total. The van der Waals surface area contributed by atoms with Gasteiger partial charge in [-0.15, -0.1) is 0 Å². The van der Waals surface area contributed by atoms with Gasteiger partial charge in [-0.05, 0) is 34.1 Å². The Kier molecular flexibility index (Phi) is 4.61. The summed E-state index contributed by atoms with van der Waals surface area (Å²) in [6, 6.07) is 16.5. The molecular formula is C23H25NO4. The van der Waals surface area contributed by atoms with Gasteiger partial charge in [-0.3, -0.25) is 4.79 Å². The minimum Gasteiger partial charge on any atom is -0.481 e. The number of amides is 1. The van der Waals surface area contributed by atoms with Gasteiger partial charge in [0.05, 0.1) is 5.92 Å². The quantitative estimate of drug-likeness (QED) is 0.860. The highest BCUT2D eigenvalue weighted by atomic mass is 16.6. The van der Waals surface area contributed by atoms with E-state index in [1.807, 2.05) is 38.1 Å². The zero-order valence-corrected chi connectivity index (χ0v) is 16.2. The van der Waals surface area contributed by atoms with Crippen molar-refractivity contribution in [2.75, 3.05) is 19.7 Å². The molecular weight excluding hydrogens is 354 g/mol. The molecule has 2 aliphatic rings. The van der Waals surface area contributed by atoms with E-state index in [-0.39, 0.29) is 18.6 Å². The molecule has 2 aromatic rings. The number of aliphatic carboxylic acids is 1. The van der Waals surface area contributed by atoms with Crippen LogP contribution in [0.15, 0.2) is 48.5 Å². The van der Waals surface area contributed by atoms with Crippen molar-refractivity contribution in [3.05, 3.63) is 59.7 Å². The first-order chi connectivity index (χ1) is 13.4. The Bertz CT molecular complexity index is 875. The molecule has 4 rings (SSSR count). The van der Waals surface area contributed by atoms with Gasteiger partial charge in [0.2, 0.25) is 0 Å². The number of carboxylic acids is 1. The fourth-order valence-electron chi connectivity index (χ4n) is 4.66. The molecule has 1 unspecified atom stereocenters. The molecule has 0 radical (unpaired) electrons. The van der Waals surface area contributed by atoms with Crippen LogP contribution in [0.4, 0.5) is 4.79 Å². The van der Waals surface area contributed by atoms with Crippen LogP contribution in [-0.4, -0.2) is 41.8 Å². The lowest BCUT2D eigenvalue weighted by Crippen LogP contribution is -2.50. The van der Waals surface area contributed by atoms with Crippen LogP contribution in [0.2, 0.25) is 0 Å². The molecule has 28 heavy (non-hydrogen) atoms. The van der Waals surface area contributed by atoms with E-state index >= 15 is 0 Å². The number of benzene rings is 2. The van der Waals surface area contributed by atoms with Crippen LogP contribution in [0.5, 0.6) is 0 Å². The molecule has 146 valence electrons. The number of ether oxygens (including phenoxy) is 1. The first-order valence-electron chi connectivity index (χ1n) is 9.71. The average molecular weight is 379 g/mol. The highest BCUT2D eigenvalue weighted by Crippen LogP contribution is 2.44. The van der Waals surface area contributed by atoms with Crippen LogP contribution in [0, 0.1) is 11.3 Å². The number of piperidine rings is 1. The minimum absolute atomic E-state index is 0.0286. The summed E-state index contributed by atoms with van der Waals surface area (Å²) < 4.78 is 5.71. The average Bonchev–Trinajstić information content (AvgIpc) is 2.99. The molecule has 1 aliphatic carbocycles. The van der Waals surface area contributed by atoms with E-state index in [4.69, 9.17) is 4.74 Å². The molecule has 0 saturated carbocycles. The Morgan fingerprint density at radius 2 is 1.64 bits per heavy atom. The van der Waals surface area contributed by atoms with E-state index in [1.54, 1.807) is 4.90 Å². The van der Waals surface area contributed by atoms with Crippen LogP contribution >= 0.6 is 0 Å². The van der Waals surface area contributed by atoms with Gasteiger partial charge in [-0.25, -0.2) is 4.79 Å². The fourth-order valence-corrected chi connectivity index (χ4v) is 4.66. The van der Waals surface area contributed by atoms with Crippen LogP contribution in [0.3, 0.4) is 0 Å². The van der Waals surface area contributed by atoms with E-state index in [0.717, 1.165) is 0 Å². The van der Waals surface area contributed by atoms with Gasteiger partial charge in [0.15, 0.2) is 0 Å². The van der Waals surface area contributed by atoms with Gasteiger partial charge in [0.1, 0.15) is 6.61 Å². The summed E-state index contributed by atoms with van der Waals surface area (Å²) in [4.78, 5) is 25.8. The molecule has 5 heteroatoms. The van der Waals surface area contributed by atoms with Gasteiger partial charge in [0, 0.05) is 19.0 Å². The maximum atomic E-state index is 12.7. The largest absolute Gasteiger partial charge is 0.481 e. The summed E-state index contributed by atoms with van der Waals surface area (Å²) in [7, 11) is 0. The predicted octanol–water partition coefficient (Wildman–Crippen LogP) is 4.37. The highest BCUT2D eigenvalue weighted by molar-refractivity contribution is 5.79. The number of hydrogen-bond donors (Lipinski definition) is 1. The Morgan fingerprint density at radius 1 is 1.07 bits per heavy atom. The van der Waals surface area contributed by atoms with Crippen molar-refractivity contribution >= 4 is 12.1 Å². The SMILES string of the molecule is CC1(C)CN(C(=O)OCC2c3ccccc3-c3ccccc32)CCC1C(=O)O. The standard InChI is InChI=1S/C23H25NO4/c1-23(2)14-24(12-11-20(23)21(25)26)22(27)28-13-19-17-9-5-3-7-15(17)16-8-4-6-10-18(16)19/h3-10,19-20H,11-14H2,1-2H3,(H,25,26). The molecule has 1 aliphatic heterocycles. The normalized spacial score (nSPS) is 20.4. The van der Waals surface area contributed by atoms with Crippen molar-refractivity contribution in [1.29, 1.82) is 0 Å². The molecule has 0 bridgehead atoms. The number of nitrogens with zero attached hydrogens (tertiary/aromatic N) is 1. The van der Waals surface area contributed by atoms with Crippen molar-refractivity contribution in [3.8, 4) is 11.1 Å². The van der Waals surface area contributed by atoms with Crippen LogP contribution in [-0.2, 0) is 9.53 Å². The van der Waals surface area contributed by atoms with E-state index in [0.29, 0.717) is 19.5 Å². The van der Waals surface area contributed by atoms with Crippen molar-refractivity contribution in [1.82, 2.24) is 4.90 Å². The molecule has 2 aromatic carbocycles. The number of carbonyl (C=O) groups excluding carboxylic acids is 1. The van der Waals surface area contributed by atoms with Gasteiger partial charge < -0.3 is 14.7 Å². The van der Waals surface area contributed by atoms with Crippen molar-refractivity contribution < 1.29 is 19.4 Å². The summed E-state index contributed by atoms with van der Waals surface area (Å²) in [6.45, 7) is 4.88. The third-order valence-corrected chi connectivity index (χ3v) is 6.12. The van der Waals surface area contributed by atoms with Gasteiger partial charge in [-0.2, -0.15) is 0 Å². The summed E-state index contributed by atoms with van der Waals surface area (Å²) in [6.07, 6.45) is 0.0887. The highest BCUT2D eigenvalue weighted by Gasteiger charge is 2.42. The third kappa shape index (κ3) is 3.15. The minimum atomic E-state index is -0.794. The zero-order valence-electron chi connectivity index (χ0n) is 16.2. The predicted molar refractivity (Wildman–Crippen MR) is 106 cm³/mol. The van der Waals surface area contributed by atoms with E-state index in [2.05, 4.69) is 24.3 Å². The maximum Gasteiger partial charge on any atom is 0.409 e. The van der Waals surface area contributed by atoms with Gasteiger partial charge >= 0.3 is 12.1 Å². The van der Waals surface area contributed by atoms with Crippen LogP contribution in [0.1, 0.15) is 37.3 Å². The van der Waals surface area contributed by atoms with Crippen LogP contribution < -0.4 is 0 Å². The molecule has 5 nitrogen and oxygen atoms in total. The molecule has 1 saturated heterocycles. The van der Waals surface area contributed by atoms with E-state index in [9.17, 15) is 14.7 Å². The summed E-state index contributed by atoms with van der Waals surface area (Å²) in [5.41, 5.74) is 4.28. The number of carboxylic acid groups (broad SMARTS) is 1. The van der Waals surface area contributed by atoms with E-state index < -0.39 is 17.3 Å². The number of fused-ring (bicyclic) bond motifs is 3. The van der Waals surface area contributed by atoms with Crippen LogP contribution in [0.25, 0.3) is 11.1 Å². The van der Waals surface area contributed by atoms with Crippen molar-refractivity contribution in [2.24, 2.45) is 11.3 Å². The Hall–Kier alpha value is -2.82. The topological polar surface area (TPSA) is 66.8 Å². The molecule has 0 spiro atoms. The Balaban J connectivity index is 1.47. The summed E-state index contributed by atoms with van der Waals surface area (Å²) >= 11 is 0. The molecule has 1 heterocycles. The maximum absolute atomic E-state index is 12.7. The second kappa shape index (κ2) is 6.97. The lowest BCUT2D eigenvalue weighted by Gasteiger charge is -2.41. The molecule has 1 fully saturated rings. The van der Waals surface area contributed by atoms with E-state index in [1.165, 1.54) is 22.3 Å². The number of carbonyl (C=O) groups is 2. The molecule has 1 amide bonds. The number of likely N-dealkylation sites (tertiary alicyclic amines) is 1. The Labute approximate surface area is 164 Å². The first kappa shape index (κ1) is 18.5. The molecule has 1 atom stereocenters. The Morgan fingerprint density at radius 3 is 2.18 bits per heavy atom. The number of rotatable bonds is 3. The van der Waals surface area contributed by atoms with Gasteiger partial charge in [0.25, 0.3) is 0 Å². The molecule has 0 aromatic heterocycles. The zero-order chi connectivity index (χ0) is 19.9. The number of hydrogen-bond acceptors (Lipinski definition) is 3. The monoisotopic (exact) mass is 379 g/mol. The summed E-state index contributed by atoms with van der Waals surface area (Å²) in [5.74, 6) is -1.21. The lowest BCUT2D eigenvalue weighted by molar-refractivity contribution is -0.148. The first-order valence-corrected chi connectivity index (χ1v) is 9.71. The van der Waals surface area contributed by atoms with Gasteiger partial charge in [-0.1, -0.05) is 62.4 Å². The van der Waals surface area contributed by atoms with Crippen molar-refractivity contribution in [2.45, 2.75) is 26.2 Å².